The van der Waals surface area contributed by atoms with Crippen LogP contribution in [0.5, 0.6) is 5.75 Å². The number of hydrogen-bond donors (Lipinski definition) is 2. The summed E-state index contributed by atoms with van der Waals surface area (Å²) in [7, 11) is 0. The highest BCUT2D eigenvalue weighted by atomic mass is 35.5. The molecule has 3 N–H and O–H groups in total. The lowest BCUT2D eigenvalue weighted by molar-refractivity contribution is 0.299. The van der Waals surface area contributed by atoms with Gasteiger partial charge in [0.05, 0.1) is 5.54 Å². The van der Waals surface area contributed by atoms with Crippen LogP contribution in [0.3, 0.4) is 0 Å². The van der Waals surface area contributed by atoms with E-state index in [1.807, 2.05) is 38.1 Å². The van der Waals surface area contributed by atoms with Gasteiger partial charge in [0.1, 0.15) is 18.1 Å². The quantitative estimate of drug-likeness (QED) is 0.365. The summed E-state index contributed by atoms with van der Waals surface area (Å²) in [5.41, 5.74) is 6.74. The first-order valence-electron chi connectivity index (χ1n) is 5.89. The van der Waals surface area contributed by atoms with Crippen LogP contribution in [-0.4, -0.2) is 23.1 Å². The van der Waals surface area contributed by atoms with Gasteiger partial charge in [-0.3, -0.25) is 0 Å². The predicted octanol–water partition coefficient (Wildman–Crippen LogP) is 2.92. The molecule has 0 aliphatic heterocycles. The second-order valence-corrected chi connectivity index (χ2v) is 4.25. The zero-order valence-corrected chi connectivity index (χ0v) is 12.1. The average Bonchev–Trinajstić information content (AvgIpc) is 2.41. The summed E-state index contributed by atoms with van der Waals surface area (Å²) in [5.74, 6) is 0.712. The second kappa shape index (κ2) is 7.81. The van der Waals surface area contributed by atoms with Crippen molar-refractivity contribution in [2.75, 3.05) is 6.61 Å². The molecule has 0 radical (unpaired) electrons. The van der Waals surface area contributed by atoms with Crippen molar-refractivity contribution in [1.82, 2.24) is 0 Å². The molecule has 1 unspecified atom stereocenters. The molecule has 19 heavy (non-hydrogen) atoms. The van der Waals surface area contributed by atoms with Crippen LogP contribution in [0.4, 0.5) is 0 Å². The standard InChI is InChI=1S/C14H20N2O2.ClH/c1-4-14(15,5-2)13(16-17)10-18-12-8-6-11(3)7-9-12;/h4,6-9,17H,1,5,10,15H2,2-3H3;1H. The summed E-state index contributed by atoms with van der Waals surface area (Å²) in [6.45, 7) is 7.71. The molecule has 1 aromatic carbocycles. The van der Waals surface area contributed by atoms with Gasteiger partial charge in [-0.1, -0.05) is 35.9 Å². The average molecular weight is 285 g/mol. The van der Waals surface area contributed by atoms with E-state index in [2.05, 4.69) is 11.7 Å². The number of oxime groups is 1. The number of benzene rings is 1. The van der Waals surface area contributed by atoms with E-state index in [4.69, 9.17) is 15.7 Å². The first-order valence-corrected chi connectivity index (χ1v) is 5.89. The van der Waals surface area contributed by atoms with Crippen LogP contribution in [0.15, 0.2) is 42.1 Å². The van der Waals surface area contributed by atoms with E-state index in [-0.39, 0.29) is 19.0 Å². The van der Waals surface area contributed by atoms with E-state index in [9.17, 15) is 0 Å². The fourth-order valence-electron chi connectivity index (χ4n) is 1.51. The Labute approximate surface area is 120 Å². The van der Waals surface area contributed by atoms with Crippen molar-refractivity contribution in [3.8, 4) is 5.75 Å². The van der Waals surface area contributed by atoms with Crippen molar-refractivity contribution >= 4 is 18.1 Å². The molecule has 0 saturated carbocycles. The van der Waals surface area contributed by atoms with Gasteiger partial charge in [-0.05, 0) is 25.5 Å². The van der Waals surface area contributed by atoms with Gasteiger partial charge in [0.15, 0.2) is 0 Å². The first-order chi connectivity index (χ1) is 8.55. The number of ether oxygens (including phenoxy) is 1. The van der Waals surface area contributed by atoms with Crippen molar-refractivity contribution in [2.24, 2.45) is 10.9 Å². The van der Waals surface area contributed by atoms with Crippen LogP contribution in [0.25, 0.3) is 0 Å². The molecule has 0 aromatic heterocycles. The molecule has 0 fully saturated rings. The van der Waals surface area contributed by atoms with Crippen molar-refractivity contribution in [3.05, 3.63) is 42.5 Å². The molecule has 0 amide bonds. The van der Waals surface area contributed by atoms with Crippen LogP contribution < -0.4 is 10.5 Å². The molecule has 106 valence electrons. The minimum Gasteiger partial charge on any atom is -0.487 e. The summed E-state index contributed by atoms with van der Waals surface area (Å²) in [6, 6.07) is 7.63. The van der Waals surface area contributed by atoms with Gasteiger partial charge in [-0.25, -0.2) is 0 Å². The fraction of sp³-hybridized carbons (Fsp3) is 0.357. The largest absolute Gasteiger partial charge is 0.487 e. The van der Waals surface area contributed by atoms with Crippen LogP contribution in [0.1, 0.15) is 18.9 Å². The molecule has 1 aromatic rings. The minimum atomic E-state index is -0.834. The molecule has 0 aliphatic carbocycles. The molecule has 1 atom stereocenters. The molecular weight excluding hydrogens is 264 g/mol. The lowest BCUT2D eigenvalue weighted by atomic mass is 9.92. The van der Waals surface area contributed by atoms with Crippen molar-refractivity contribution in [2.45, 2.75) is 25.8 Å². The van der Waals surface area contributed by atoms with E-state index in [1.165, 1.54) is 0 Å². The maximum Gasteiger partial charge on any atom is 0.132 e. The number of aryl methyl sites for hydroxylation is 1. The fourth-order valence-corrected chi connectivity index (χ4v) is 1.51. The monoisotopic (exact) mass is 284 g/mol. The number of rotatable bonds is 6. The Morgan fingerprint density at radius 3 is 2.47 bits per heavy atom. The van der Waals surface area contributed by atoms with Gasteiger partial charge in [0.2, 0.25) is 0 Å². The summed E-state index contributed by atoms with van der Waals surface area (Å²) >= 11 is 0. The van der Waals surface area contributed by atoms with Gasteiger partial charge in [-0.15, -0.1) is 19.0 Å². The van der Waals surface area contributed by atoms with Gasteiger partial charge in [0, 0.05) is 0 Å². The number of nitrogens with zero attached hydrogens (tertiary/aromatic N) is 1. The lowest BCUT2D eigenvalue weighted by Gasteiger charge is -2.24. The summed E-state index contributed by atoms with van der Waals surface area (Å²) in [5, 5.41) is 12.3. The van der Waals surface area contributed by atoms with Crippen LogP contribution in [0, 0.1) is 6.92 Å². The maximum absolute atomic E-state index is 9.03. The predicted molar refractivity (Wildman–Crippen MR) is 80.5 cm³/mol. The molecule has 5 heteroatoms. The molecule has 0 aliphatic rings. The molecule has 0 saturated heterocycles. The molecule has 0 bridgehead atoms. The Kier molecular flexibility index (Phi) is 7.19. The van der Waals surface area contributed by atoms with Gasteiger partial charge in [-0.2, -0.15) is 0 Å². The number of hydrogen-bond acceptors (Lipinski definition) is 4. The van der Waals surface area contributed by atoms with E-state index >= 15 is 0 Å². The normalized spacial score (nSPS) is 14.2. The SMILES string of the molecule is C=CC(N)(CC)C(COc1ccc(C)cc1)=NO.Cl. The Balaban J connectivity index is 0.00000324. The Hall–Kier alpha value is -1.52. The van der Waals surface area contributed by atoms with Crippen molar-refractivity contribution < 1.29 is 9.94 Å². The Morgan fingerprint density at radius 2 is 2.05 bits per heavy atom. The van der Waals surface area contributed by atoms with Gasteiger partial charge < -0.3 is 15.7 Å². The maximum atomic E-state index is 9.03. The topological polar surface area (TPSA) is 67.8 Å². The highest BCUT2D eigenvalue weighted by Gasteiger charge is 2.27. The first kappa shape index (κ1) is 17.5. The third kappa shape index (κ3) is 4.58. The Morgan fingerprint density at radius 1 is 1.47 bits per heavy atom. The second-order valence-electron chi connectivity index (χ2n) is 4.25. The van der Waals surface area contributed by atoms with Gasteiger partial charge >= 0.3 is 0 Å². The van der Waals surface area contributed by atoms with Gasteiger partial charge in [0.25, 0.3) is 0 Å². The molecular formula is C14H21ClN2O2. The summed E-state index contributed by atoms with van der Waals surface area (Å²) < 4.78 is 5.55. The van der Waals surface area contributed by atoms with Crippen LogP contribution >= 0.6 is 12.4 Å². The highest BCUT2D eigenvalue weighted by Crippen LogP contribution is 2.15. The highest BCUT2D eigenvalue weighted by molar-refractivity contribution is 5.96. The molecule has 1 rings (SSSR count). The smallest absolute Gasteiger partial charge is 0.132 e. The third-order valence-electron chi connectivity index (χ3n) is 3.00. The summed E-state index contributed by atoms with van der Waals surface area (Å²) in [4.78, 5) is 0. The van der Waals surface area contributed by atoms with Crippen LogP contribution in [-0.2, 0) is 0 Å². The zero-order valence-electron chi connectivity index (χ0n) is 11.3. The van der Waals surface area contributed by atoms with Crippen LogP contribution in [0.2, 0.25) is 0 Å². The Bertz CT molecular complexity index is 432. The number of nitrogens with two attached hydrogens (primary N) is 1. The zero-order chi connectivity index (χ0) is 13.6. The van der Waals surface area contributed by atoms with E-state index < -0.39 is 5.54 Å². The minimum absolute atomic E-state index is 0. The van der Waals surface area contributed by atoms with Crippen molar-refractivity contribution in [3.63, 3.8) is 0 Å². The lowest BCUT2D eigenvalue weighted by Crippen LogP contribution is -2.48. The number of halogens is 1. The third-order valence-corrected chi connectivity index (χ3v) is 3.00. The van der Waals surface area contributed by atoms with Crippen molar-refractivity contribution in [1.29, 1.82) is 0 Å². The molecule has 4 nitrogen and oxygen atoms in total. The van der Waals surface area contributed by atoms with E-state index in [1.54, 1.807) is 6.08 Å². The van der Waals surface area contributed by atoms with E-state index in [0.717, 1.165) is 5.56 Å². The molecule has 0 spiro atoms. The van der Waals surface area contributed by atoms with E-state index in [0.29, 0.717) is 17.9 Å². The summed E-state index contributed by atoms with van der Waals surface area (Å²) in [6.07, 6.45) is 2.16. The molecule has 0 heterocycles.